The van der Waals surface area contributed by atoms with Crippen molar-refractivity contribution < 1.29 is 14.3 Å². The Kier molecular flexibility index (Phi) is 4.21. The molecule has 25 heavy (non-hydrogen) atoms. The summed E-state index contributed by atoms with van der Waals surface area (Å²) in [6.07, 6.45) is 4.27. The number of hydrogen-bond donors (Lipinski definition) is 1. The number of benzene rings is 1. The zero-order valence-corrected chi connectivity index (χ0v) is 13.9. The molecule has 1 unspecified atom stereocenters. The molecule has 3 heterocycles. The highest BCUT2D eigenvalue weighted by Gasteiger charge is 2.33. The highest BCUT2D eigenvalue weighted by atomic mass is 16.5. The number of aromatic nitrogens is 2. The highest BCUT2D eigenvalue weighted by molar-refractivity contribution is 5.90. The van der Waals surface area contributed by atoms with Crippen LogP contribution in [0.4, 0.5) is 0 Å². The van der Waals surface area contributed by atoms with E-state index in [1.165, 1.54) is 0 Å². The Bertz CT molecular complexity index is 797. The fraction of sp³-hybridized carbons (Fsp3) is 0.444. The van der Waals surface area contributed by atoms with Crippen molar-refractivity contribution in [1.29, 1.82) is 0 Å². The second kappa shape index (κ2) is 6.66. The van der Waals surface area contributed by atoms with Gasteiger partial charge in [0.25, 0.3) is 0 Å². The first-order valence-electron chi connectivity index (χ1n) is 8.66. The third-order valence-electron chi connectivity index (χ3n) is 4.86. The molecule has 7 heteroatoms. The van der Waals surface area contributed by atoms with Gasteiger partial charge in [-0.05, 0) is 12.5 Å². The molecular weight excluding hydrogens is 320 g/mol. The number of likely N-dealkylation sites (tertiary alicyclic amines) is 1. The normalized spacial score (nSPS) is 21.4. The summed E-state index contributed by atoms with van der Waals surface area (Å²) in [6, 6.07) is 7.51. The zero-order valence-electron chi connectivity index (χ0n) is 13.9. The number of nitrogens with zero attached hydrogens (tertiary/aromatic N) is 3. The van der Waals surface area contributed by atoms with E-state index in [-0.39, 0.29) is 24.0 Å². The van der Waals surface area contributed by atoms with Gasteiger partial charge in [-0.3, -0.25) is 9.59 Å². The van der Waals surface area contributed by atoms with Crippen molar-refractivity contribution >= 4 is 22.6 Å². The van der Waals surface area contributed by atoms with E-state index in [4.69, 9.17) is 4.74 Å². The fourth-order valence-electron chi connectivity index (χ4n) is 3.46. The summed E-state index contributed by atoms with van der Waals surface area (Å²) in [5.74, 6) is 0.534. The lowest BCUT2D eigenvalue weighted by atomic mass is 10.1. The average Bonchev–Trinajstić information content (AvgIpc) is 3.08. The third kappa shape index (κ3) is 3.26. The number of ether oxygens (including phenoxy) is 1. The van der Waals surface area contributed by atoms with E-state index < -0.39 is 0 Å². The highest BCUT2D eigenvalue weighted by Crippen LogP contribution is 2.25. The summed E-state index contributed by atoms with van der Waals surface area (Å²) in [6.45, 7) is 1.27. The Balaban J connectivity index is 1.37. The van der Waals surface area contributed by atoms with E-state index in [0.717, 1.165) is 23.6 Å². The van der Waals surface area contributed by atoms with Gasteiger partial charge >= 0.3 is 0 Å². The van der Waals surface area contributed by atoms with Gasteiger partial charge in [0, 0.05) is 43.1 Å². The van der Waals surface area contributed by atoms with Crippen molar-refractivity contribution in [3.05, 3.63) is 30.5 Å². The van der Waals surface area contributed by atoms with E-state index in [1.807, 2.05) is 29.2 Å². The topological polar surface area (TPSA) is 84.4 Å². The maximum Gasteiger partial charge on any atom is 0.245 e. The SMILES string of the molecule is O=C1CCC(C(=O)N2CCC(Oc3nncc4ccccc34)CC2)N1. The van der Waals surface area contributed by atoms with Crippen molar-refractivity contribution in [3.63, 3.8) is 0 Å². The molecule has 4 rings (SSSR count). The van der Waals surface area contributed by atoms with Crippen LogP contribution in [0.25, 0.3) is 10.8 Å². The Labute approximate surface area is 145 Å². The summed E-state index contributed by atoms with van der Waals surface area (Å²) in [7, 11) is 0. The van der Waals surface area contributed by atoms with Gasteiger partial charge in [0.15, 0.2) is 0 Å². The van der Waals surface area contributed by atoms with Crippen LogP contribution in [0.1, 0.15) is 25.7 Å². The fourth-order valence-corrected chi connectivity index (χ4v) is 3.46. The molecule has 0 radical (unpaired) electrons. The first kappa shape index (κ1) is 15.8. The molecule has 1 aromatic carbocycles. The van der Waals surface area contributed by atoms with Crippen LogP contribution in [-0.4, -0.2) is 52.1 Å². The molecule has 2 amide bonds. The van der Waals surface area contributed by atoms with Gasteiger partial charge in [-0.2, -0.15) is 5.10 Å². The lowest BCUT2D eigenvalue weighted by Crippen LogP contribution is -2.49. The van der Waals surface area contributed by atoms with Crippen LogP contribution in [0.15, 0.2) is 30.5 Å². The minimum Gasteiger partial charge on any atom is -0.473 e. The molecule has 0 spiro atoms. The second-order valence-corrected chi connectivity index (χ2v) is 6.54. The number of hydrogen-bond acceptors (Lipinski definition) is 5. The lowest BCUT2D eigenvalue weighted by molar-refractivity contribution is -0.136. The predicted octanol–water partition coefficient (Wildman–Crippen LogP) is 1.28. The number of fused-ring (bicyclic) bond motifs is 1. The summed E-state index contributed by atoms with van der Waals surface area (Å²) in [5.41, 5.74) is 0. The molecule has 0 saturated carbocycles. The van der Waals surface area contributed by atoms with Gasteiger partial charge in [-0.15, -0.1) is 5.10 Å². The van der Waals surface area contributed by atoms with Gasteiger partial charge in [0.05, 0.1) is 6.20 Å². The molecule has 7 nitrogen and oxygen atoms in total. The van der Waals surface area contributed by atoms with Crippen LogP contribution in [0.2, 0.25) is 0 Å². The minimum absolute atomic E-state index is 0.0160. The molecule has 2 fully saturated rings. The van der Waals surface area contributed by atoms with Crippen LogP contribution in [0.3, 0.4) is 0 Å². The summed E-state index contributed by atoms with van der Waals surface area (Å²) in [4.78, 5) is 25.5. The maximum absolute atomic E-state index is 12.4. The van der Waals surface area contributed by atoms with Gasteiger partial charge in [-0.1, -0.05) is 18.2 Å². The van der Waals surface area contributed by atoms with Crippen LogP contribution in [0.5, 0.6) is 5.88 Å². The summed E-state index contributed by atoms with van der Waals surface area (Å²) in [5, 5.41) is 12.8. The van der Waals surface area contributed by atoms with E-state index in [0.29, 0.717) is 31.8 Å². The molecule has 0 bridgehead atoms. The van der Waals surface area contributed by atoms with Crippen molar-refractivity contribution in [2.24, 2.45) is 0 Å². The maximum atomic E-state index is 12.4. The minimum atomic E-state index is -0.353. The van der Waals surface area contributed by atoms with Gasteiger partial charge < -0.3 is 15.0 Å². The zero-order chi connectivity index (χ0) is 17.2. The van der Waals surface area contributed by atoms with Crippen molar-refractivity contribution in [1.82, 2.24) is 20.4 Å². The van der Waals surface area contributed by atoms with Crippen LogP contribution in [0, 0.1) is 0 Å². The molecular formula is C18H20N4O3. The molecule has 2 aromatic rings. The molecule has 2 aliphatic heterocycles. The molecule has 1 atom stereocenters. The first-order chi connectivity index (χ1) is 12.2. The van der Waals surface area contributed by atoms with Gasteiger partial charge in [0.2, 0.25) is 17.7 Å². The van der Waals surface area contributed by atoms with Crippen molar-refractivity contribution in [3.8, 4) is 5.88 Å². The number of amides is 2. The number of rotatable bonds is 3. The Hall–Kier alpha value is -2.70. The Morgan fingerprint density at radius 3 is 2.76 bits per heavy atom. The monoisotopic (exact) mass is 340 g/mol. The lowest BCUT2D eigenvalue weighted by Gasteiger charge is -2.33. The summed E-state index contributed by atoms with van der Waals surface area (Å²) < 4.78 is 6.06. The van der Waals surface area contributed by atoms with Crippen LogP contribution < -0.4 is 10.1 Å². The molecule has 0 aliphatic carbocycles. The van der Waals surface area contributed by atoms with E-state index >= 15 is 0 Å². The van der Waals surface area contributed by atoms with E-state index in [9.17, 15) is 9.59 Å². The van der Waals surface area contributed by atoms with Crippen LogP contribution in [-0.2, 0) is 9.59 Å². The smallest absolute Gasteiger partial charge is 0.245 e. The standard InChI is InChI=1S/C18H20N4O3/c23-16-6-5-15(20-16)18(24)22-9-7-13(8-10-22)25-17-14-4-2-1-3-12(14)11-19-21-17/h1-4,11,13,15H,5-10H2,(H,20,23). The Morgan fingerprint density at radius 1 is 1.20 bits per heavy atom. The van der Waals surface area contributed by atoms with Gasteiger partial charge in [-0.25, -0.2) is 0 Å². The van der Waals surface area contributed by atoms with Crippen LogP contribution >= 0.6 is 0 Å². The predicted molar refractivity (Wildman–Crippen MR) is 90.9 cm³/mol. The molecule has 1 N–H and O–H groups in total. The van der Waals surface area contributed by atoms with Crippen molar-refractivity contribution in [2.75, 3.05) is 13.1 Å². The summed E-state index contributed by atoms with van der Waals surface area (Å²) >= 11 is 0. The van der Waals surface area contributed by atoms with Crippen molar-refractivity contribution in [2.45, 2.75) is 37.8 Å². The van der Waals surface area contributed by atoms with E-state index in [2.05, 4.69) is 15.5 Å². The second-order valence-electron chi connectivity index (χ2n) is 6.54. The number of carbonyl (C=O) groups is 2. The molecule has 1 aromatic heterocycles. The Morgan fingerprint density at radius 2 is 2.00 bits per heavy atom. The number of piperidine rings is 1. The first-order valence-corrected chi connectivity index (χ1v) is 8.66. The molecule has 2 saturated heterocycles. The number of nitrogens with one attached hydrogen (secondary N) is 1. The molecule has 130 valence electrons. The number of carbonyl (C=O) groups excluding carboxylic acids is 2. The largest absolute Gasteiger partial charge is 0.473 e. The average molecular weight is 340 g/mol. The molecule has 2 aliphatic rings. The van der Waals surface area contributed by atoms with E-state index in [1.54, 1.807) is 6.20 Å². The quantitative estimate of drug-likeness (QED) is 0.910. The third-order valence-corrected chi connectivity index (χ3v) is 4.86. The van der Waals surface area contributed by atoms with Gasteiger partial charge in [0.1, 0.15) is 12.1 Å².